The molecule has 3 rings (SSSR count). The number of amides is 2. The molecule has 3 nitrogen and oxygen atoms in total. The molecule has 2 aromatic rings. The lowest BCUT2D eigenvalue weighted by molar-refractivity contribution is 0.252. The Morgan fingerprint density at radius 1 is 1.35 bits per heavy atom. The van der Waals surface area contributed by atoms with Crippen LogP contribution in [0.1, 0.15) is 29.3 Å². The number of halogens is 1. The first-order chi connectivity index (χ1) is 11.1. The molecule has 0 fully saturated rings. The molecule has 2 N–H and O–H groups in total. The van der Waals surface area contributed by atoms with Crippen LogP contribution in [-0.4, -0.2) is 12.6 Å². The van der Waals surface area contributed by atoms with Crippen LogP contribution in [0.25, 0.3) is 0 Å². The van der Waals surface area contributed by atoms with Crippen LogP contribution < -0.4 is 10.6 Å². The highest BCUT2D eigenvalue weighted by Crippen LogP contribution is 2.32. The van der Waals surface area contributed by atoms with Gasteiger partial charge in [-0.15, -0.1) is 11.3 Å². The van der Waals surface area contributed by atoms with Gasteiger partial charge < -0.3 is 10.6 Å². The molecule has 0 saturated carbocycles. The summed E-state index contributed by atoms with van der Waals surface area (Å²) in [7, 11) is 0. The van der Waals surface area contributed by atoms with E-state index >= 15 is 0 Å². The van der Waals surface area contributed by atoms with Crippen molar-refractivity contribution in [3.63, 3.8) is 0 Å². The molecule has 1 heterocycles. The fourth-order valence-corrected chi connectivity index (χ4v) is 4.54. The number of carbonyl (C=O) groups is 1. The van der Waals surface area contributed by atoms with E-state index in [1.165, 1.54) is 24.8 Å². The smallest absolute Gasteiger partial charge is 0.319 e. The van der Waals surface area contributed by atoms with Crippen LogP contribution in [0.5, 0.6) is 0 Å². The van der Waals surface area contributed by atoms with Crippen molar-refractivity contribution in [2.45, 2.75) is 32.6 Å². The second kappa shape index (κ2) is 7.49. The van der Waals surface area contributed by atoms with E-state index in [-0.39, 0.29) is 6.03 Å². The molecule has 0 radical (unpaired) electrons. The van der Waals surface area contributed by atoms with Crippen LogP contribution >= 0.6 is 27.3 Å². The van der Waals surface area contributed by atoms with Crippen molar-refractivity contribution >= 4 is 39.0 Å². The van der Waals surface area contributed by atoms with Crippen molar-refractivity contribution in [2.75, 3.05) is 11.9 Å². The molecule has 1 aromatic heterocycles. The third kappa shape index (κ3) is 4.36. The molecule has 23 heavy (non-hydrogen) atoms. The van der Waals surface area contributed by atoms with Crippen molar-refractivity contribution in [1.82, 2.24) is 5.32 Å². The van der Waals surface area contributed by atoms with Gasteiger partial charge in [0.1, 0.15) is 0 Å². The summed E-state index contributed by atoms with van der Waals surface area (Å²) in [5.41, 5.74) is 3.76. The van der Waals surface area contributed by atoms with Crippen molar-refractivity contribution in [3.05, 3.63) is 50.1 Å². The van der Waals surface area contributed by atoms with E-state index in [9.17, 15) is 4.79 Å². The molecule has 1 aliphatic rings. The Hall–Kier alpha value is -1.33. The van der Waals surface area contributed by atoms with Crippen molar-refractivity contribution < 1.29 is 4.79 Å². The van der Waals surface area contributed by atoms with Crippen LogP contribution in [0.2, 0.25) is 0 Å². The molecule has 122 valence electrons. The Kier molecular flexibility index (Phi) is 5.38. The predicted octanol–water partition coefficient (Wildman–Crippen LogP) is 5.00. The predicted molar refractivity (Wildman–Crippen MR) is 100 cm³/mol. The number of nitrogens with one attached hydrogen (secondary N) is 2. The Bertz CT molecular complexity index is 681. The van der Waals surface area contributed by atoms with Crippen LogP contribution in [0, 0.1) is 5.92 Å². The highest BCUT2D eigenvalue weighted by molar-refractivity contribution is 9.10. The van der Waals surface area contributed by atoms with Gasteiger partial charge in [0.25, 0.3) is 0 Å². The van der Waals surface area contributed by atoms with Gasteiger partial charge in [0.15, 0.2) is 0 Å². The first kappa shape index (κ1) is 16.5. The lowest BCUT2D eigenvalue weighted by atomic mass is 9.88. The van der Waals surface area contributed by atoms with Gasteiger partial charge in [-0.25, -0.2) is 4.79 Å². The molecule has 5 heteroatoms. The van der Waals surface area contributed by atoms with Crippen molar-refractivity contribution in [3.8, 4) is 0 Å². The second-order valence-corrected chi connectivity index (χ2v) is 8.03. The summed E-state index contributed by atoms with van der Waals surface area (Å²) >= 11 is 5.27. The number of benzene rings is 1. The summed E-state index contributed by atoms with van der Waals surface area (Å²) in [6.45, 7) is 3.00. The van der Waals surface area contributed by atoms with Gasteiger partial charge in [-0.1, -0.05) is 22.9 Å². The number of thiophene rings is 1. The largest absolute Gasteiger partial charge is 0.338 e. The first-order valence-electron chi connectivity index (χ1n) is 8.00. The number of anilines is 1. The van der Waals surface area contributed by atoms with Gasteiger partial charge in [0.2, 0.25) is 0 Å². The van der Waals surface area contributed by atoms with E-state index in [0.29, 0.717) is 6.54 Å². The fraction of sp³-hybridized carbons (Fsp3) is 0.389. The van der Waals surface area contributed by atoms with Gasteiger partial charge in [0, 0.05) is 21.6 Å². The van der Waals surface area contributed by atoms with Gasteiger partial charge in [-0.05, 0) is 72.4 Å². The SMILES string of the molecule is C[C@@H]1CCc2c(CCNC(=O)Nc3ccc(Br)cc3)csc2C1. The summed E-state index contributed by atoms with van der Waals surface area (Å²) in [5, 5.41) is 8.07. The van der Waals surface area contributed by atoms with Gasteiger partial charge in [-0.2, -0.15) is 0 Å². The lowest BCUT2D eigenvalue weighted by Crippen LogP contribution is -2.30. The maximum atomic E-state index is 11.9. The van der Waals surface area contributed by atoms with Crippen LogP contribution in [0.4, 0.5) is 10.5 Å². The molecule has 0 aliphatic heterocycles. The number of hydrogen-bond acceptors (Lipinski definition) is 2. The Labute approximate surface area is 149 Å². The third-order valence-electron chi connectivity index (χ3n) is 4.27. The van der Waals surface area contributed by atoms with Crippen LogP contribution in [0.15, 0.2) is 34.1 Å². The molecular formula is C18H21BrN2OS. The zero-order chi connectivity index (χ0) is 16.2. The summed E-state index contributed by atoms with van der Waals surface area (Å²) in [4.78, 5) is 13.5. The maximum Gasteiger partial charge on any atom is 0.319 e. The lowest BCUT2D eigenvalue weighted by Gasteiger charge is -2.19. The normalized spacial score (nSPS) is 16.7. The number of carbonyl (C=O) groups excluding carboxylic acids is 1. The molecule has 0 spiro atoms. The number of fused-ring (bicyclic) bond motifs is 1. The van der Waals surface area contributed by atoms with E-state index in [2.05, 4.69) is 38.9 Å². The summed E-state index contributed by atoms with van der Waals surface area (Å²) in [5.74, 6) is 0.809. The minimum absolute atomic E-state index is 0.148. The molecule has 2 amide bonds. The van der Waals surface area contributed by atoms with E-state index < -0.39 is 0 Å². The minimum atomic E-state index is -0.148. The van der Waals surface area contributed by atoms with E-state index in [4.69, 9.17) is 0 Å². The molecule has 1 aliphatic carbocycles. The summed E-state index contributed by atoms with van der Waals surface area (Å²) < 4.78 is 1.00. The Morgan fingerprint density at radius 3 is 2.91 bits per heavy atom. The van der Waals surface area contributed by atoms with Crippen molar-refractivity contribution in [2.24, 2.45) is 5.92 Å². The average molecular weight is 393 g/mol. The monoisotopic (exact) mass is 392 g/mol. The maximum absolute atomic E-state index is 11.9. The molecule has 0 bridgehead atoms. The molecule has 1 atom stereocenters. The Balaban J connectivity index is 1.48. The highest BCUT2D eigenvalue weighted by atomic mass is 79.9. The first-order valence-corrected chi connectivity index (χ1v) is 9.67. The number of urea groups is 1. The highest BCUT2D eigenvalue weighted by Gasteiger charge is 2.19. The van der Waals surface area contributed by atoms with E-state index in [0.717, 1.165) is 22.5 Å². The van der Waals surface area contributed by atoms with Crippen LogP contribution in [-0.2, 0) is 19.3 Å². The van der Waals surface area contributed by atoms with Gasteiger partial charge >= 0.3 is 6.03 Å². The average Bonchev–Trinajstić information content (AvgIpc) is 2.92. The van der Waals surface area contributed by atoms with E-state index in [1.54, 1.807) is 10.4 Å². The summed E-state index contributed by atoms with van der Waals surface area (Å²) in [6, 6.07) is 7.42. The van der Waals surface area contributed by atoms with Crippen molar-refractivity contribution in [1.29, 1.82) is 0 Å². The topological polar surface area (TPSA) is 41.1 Å². The molecule has 0 saturated heterocycles. The molecular weight excluding hydrogens is 372 g/mol. The van der Waals surface area contributed by atoms with Gasteiger partial charge in [-0.3, -0.25) is 0 Å². The zero-order valence-electron chi connectivity index (χ0n) is 13.2. The van der Waals surface area contributed by atoms with Gasteiger partial charge in [0.05, 0.1) is 0 Å². The van der Waals surface area contributed by atoms with E-state index in [1.807, 2.05) is 35.6 Å². The third-order valence-corrected chi connectivity index (χ3v) is 5.90. The molecule has 1 aromatic carbocycles. The summed E-state index contributed by atoms with van der Waals surface area (Å²) in [6.07, 6.45) is 4.61. The standard InChI is InChI=1S/C18H21BrN2OS/c1-12-2-7-16-13(11-23-17(16)10-12)8-9-20-18(22)21-15-5-3-14(19)4-6-15/h3-6,11-12H,2,7-10H2,1H3,(H2,20,21,22)/t12-/m1/s1. The quantitative estimate of drug-likeness (QED) is 0.754. The fourth-order valence-electron chi connectivity index (χ4n) is 2.97. The molecule has 0 unspecified atom stereocenters. The second-order valence-electron chi connectivity index (χ2n) is 6.15. The van der Waals surface area contributed by atoms with Crippen LogP contribution in [0.3, 0.4) is 0 Å². The Morgan fingerprint density at radius 2 is 2.13 bits per heavy atom. The zero-order valence-corrected chi connectivity index (χ0v) is 15.6. The minimum Gasteiger partial charge on any atom is -0.338 e. The number of rotatable bonds is 4. The number of hydrogen-bond donors (Lipinski definition) is 2.